The number of benzene rings is 1. The quantitative estimate of drug-likeness (QED) is 0.814. The molecule has 1 aromatic carbocycles. The summed E-state index contributed by atoms with van der Waals surface area (Å²) in [6.45, 7) is 5.73. The van der Waals surface area contributed by atoms with Crippen molar-refractivity contribution in [2.75, 3.05) is 38.5 Å². The minimum absolute atomic E-state index is 0.285. The number of rotatable bonds is 7. The van der Waals surface area contributed by atoms with Crippen molar-refractivity contribution >= 4 is 11.6 Å². The molecule has 2 N–H and O–H groups in total. The van der Waals surface area contributed by atoms with Crippen LogP contribution in [0.5, 0.6) is 0 Å². The molecule has 0 radical (unpaired) electrons. The lowest BCUT2D eigenvalue weighted by atomic mass is 9.93. The molecule has 0 aromatic heterocycles. The van der Waals surface area contributed by atoms with Gasteiger partial charge < -0.3 is 15.5 Å². The Labute approximate surface area is 134 Å². The number of nitrogens with zero attached hydrogens (tertiary/aromatic N) is 1. The number of nitrogens with one attached hydrogen (secondary N) is 2. The second kappa shape index (κ2) is 8.79. The highest BCUT2D eigenvalue weighted by Gasteiger charge is 2.21. The van der Waals surface area contributed by atoms with Crippen molar-refractivity contribution in [3.05, 3.63) is 29.8 Å². The molecule has 4 heteroatoms. The normalized spacial score (nSPS) is 15.8. The third-order valence-corrected chi connectivity index (χ3v) is 4.57. The maximum Gasteiger partial charge on any atom is 0.224 e. The lowest BCUT2D eigenvalue weighted by molar-refractivity contribution is -0.132. The summed E-state index contributed by atoms with van der Waals surface area (Å²) in [6.07, 6.45) is 4.11. The smallest absolute Gasteiger partial charge is 0.224 e. The first-order valence-electron chi connectivity index (χ1n) is 8.42. The molecule has 1 aromatic rings. The molecule has 1 heterocycles. The molecule has 22 heavy (non-hydrogen) atoms. The van der Waals surface area contributed by atoms with E-state index in [4.69, 9.17) is 0 Å². The SMILES string of the molecule is CNCCC1CCN(C(=O)CCNc2ccccc2C)CC1. The van der Waals surface area contributed by atoms with Crippen LogP contribution in [0.15, 0.2) is 24.3 Å². The molecule has 0 unspecified atom stereocenters. The molecule has 0 spiro atoms. The fourth-order valence-corrected chi connectivity index (χ4v) is 3.05. The highest BCUT2D eigenvalue weighted by molar-refractivity contribution is 5.76. The average Bonchev–Trinajstić information content (AvgIpc) is 2.55. The first kappa shape index (κ1) is 16.8. The third kappa shape index (κ3) is 5.02. The average molecular weight is 303 g/mol. The van der Waals surface area contributed by atoms with Crippen molar-refractivity contribution in [3.8, 4) is 0 Å². The van der Waals surface area contributed by atoms with Gasteiger partial charge in [0.25, 0.3) is 0 Å². The van der Waals surface area contributed by atoms with Crippen molar-refractivity contribution in [3.63, 3.8) is 0 Å². The summed E-state index contributed by atoms with van der Waals surface area (Å²) in [5.41, 5.74) is 2.35. The molecule has 2 rings (SSSR count). The van der Waals surface area contributed by atoms with Gasteiger partial charge in [0.1, 0.15) is 0 Å². The van der Waals surface area contributed by atoms with E-state index in [-0.39, 0.29) is 5.91 Å². The van der Waals surface area contributed by atoms with Gasteiger partial charge >= 0.3 is 0 Å². The van der Waals surface area contributed by atoms with Crippen LogP contribution in [-0.2, 0) is 4.79 Å². The molecular weight excluding hydrogens is 274 g/mol. The molecule has 122 valence electrons. The van der Waals surface area contributed by atoms with Gasteiger partial charge in [-0.15, -0.1) is 0 Å². The molecule has 0 saturated carbocycles. The van der Waals surface area contributed by atoms with Gasteiger partial charge in [-0.1, -0.05) is 18.2 Å². The van der Waals surface area contributed by atoms with E-state index in [9.17, 15) is 4.79 Å². The summed E-state index contributed by atoms with van der Waals surface area (Å²) in [4.78, 5) is 14.3. The molecule has 1 saturated heterocycles. The Kier molecular flexibility index (Phi) is 6.72. The Morgan fingerprint density at radius 2 is 1.95 bits per heavy atom. The predicted octanol–water partition coefficient (Wildman–Crippen LogP) is 2.65. The Bertz CT molecular complexity index is 467. The van der Waals surface area contributed by atoms with E-state index in [1.165, 1.54) is 12.0 Å². The van der Waals surface area contributed by atoms with Gasteiger partial charge in [0.2, 0.25) is 5.91 Å². The third-order valence-electron chi connectivity index (χ3n) is 4.57. The molecular formula is C18H29N3O. The molecule has 1 fully saturated rings. The summed E-state index contributed by atoms with van der Waals surface area (Å²) in [7, 11) is 2.00. The zero-order valence-corrected chi connectivity index (χ0v) is 13.9. The molecule has 0 aliphatic carbocycles. The Morgan fingerprint density at radius 3 is 2.64 bits per heavy atom. The summed E-state index contributed by atoms with van der Waals surface area (Å²) >= 11 is 0. The minimum Gasteiger partial charge on any atom is -0.384 e. The van der Waals surface area contributed by atoms with Gasteiger partial charge in [0.05, 0.1) is 0 Å². The molecule has 0 bridgehead atoms. The van der Waals surface area contributed by atoms with E-state index < -0.39 is 0 Å². The predicted molar refractivity (Wildman–Crippen MR) is 92.1 cm³/mol. The maximum absolute atomic E-state index is 12.3. The van der Waals surface area contributed by atoms with Gasteiger partial charge in [-0.25, -0.2) is 0 Å². The number of amides is 1. The number of carbonyl (C=O) groups excluding carboxylic acids is 1. The van der Waals surface area contributed by atoms with Crippen LogP contribution in [0.1, 0.15) is 31.2 Å². The van der Waals surface area contributed by atoms with E-state index in [1.807, 2.05) is 24.1 Å². The topological polar surface area (TPSA) is 44.4 Å². The van der Waals surface area contributed by atoms with Gasteiger partial charge in [0, 0.05) is 31.7 Å². The molecule has 1 aliphatic heterocycles. The first-order valence-corrected chi connectivity index (χ1v) is 8.42. The maximum atomic E-state index is 12.3. The second-order valence-electron chi connectivity index (χ2n) is 6.21. The van der Waals surface area contributed by atoms with Crippen LogP contribution in [0.2, 0.25) is 0 Å². The van der Waals surface area contributed by atoms with E-state index in [0.29, 0.717) is 13.0 Å². The van der Waals surface area contributed by atoms with Gasteiger partial charge in [-0.05, 0) is 57.3 Å². The summed E-state index contributed by atoms with van der Waals surface area (Å²) in [5.74, 6) is 1.06. The lowest BCUT2D eigenvalue weighted by Gasteiger charge is -2.32. The van der Waals surface area contributed by atoms with Crippen LogP contribution in [0, 0.1) is 12.8 Å². The lowest BCUT2D eigenvalue weighted by Crippen LogP contribution is -2.39. The molecule has 0 atom stereocenters. The fourth-order valence-electron chi connectivity index (χ4n) is 3.05. The monoisotopic (exact) mass is 303 g/mol. The number of likely N-dealkylation sites (tertiary alicyclic amines) is 1. The number of piperidine rings is 1. The largest absolute Gasteiger partial charge is 0.384 e. The highest BCUT2D eigenvalue weighted by atomic mass is 16.2. The number of para-hydroxylation sites is 1. The zero-order chi connectivity index (χ0) is 15.8. The van der Waals surface area contributed by atoms with Crippen molar-refractivity contribution in [1.82, 2.24) is 10.2 Å². The van der Waals surface area contributed by atoms with Crippen LogP contribution >= 0.6 is 0 Å². The second-order valence-corrected chi connectivity index (χ2v) is 6.21. The van der Waals surface area contributed by atoms with Crippen LogP contribution in [0.25, 0.3) is 0 Å². The van der Waals surface area contributed by atoms with Gasteiger partial charge in [-0.3, -0.25) is 4.79 Å². The number of hydrogen-bond donors (Lipinski definition) is 2. The first-order chi connectivity index (χ1) is 10.7. The van der Waals surface area contributed by atoms with Crippen molar-refractivity contribution < 1.29 is 4.79 Å². The van der Waals surface area contributed by atoms with E-state index in [1.54, 1.807) is 0 Å². The van der Waals surface area contributed by atoms with E-state index >= 15 is 0 Å². The number of hydrogen-bond acceptors (Lipinski definition) is 3. The standard InChI is InChI=1S/C18H29N3O/c1-15-5-3-4-6-17(15)20-12-8-18(22)21-13-9-16(10-14-21)7-11-19-2/h3-6,16,19-20H,7-14H2,1-2H3. The van der Waals surface area contributed by atoms with Crippen molar-refractivity contribution in [1.29, 1.82) is 0 Å². The molecule has 1 aliphatic rings. The summed E-state index contributed by atoms with van der Waals surface area (Å²) in [5, 5.41) is 6.57. The fraction of sp³-hybridized carbons (Fsp3) is 0.611. The molecule has 4 nitrogen and oxygen atoms in total. The van der Waals surface area contributed by atoms with Crippen LogP contribution in [0.4, 0.5) is 5.69 Å². The van der Waals surface area contributed by atoms with Crippen molar-refractivity contribution in [2.45, 2.75) is 32.6 Å². The number of anilines is 1. The highest BCUT2D eigenvalue weighted by Crippen LogP contribution is 2.20. The Balaban J connectivity index is 1.67. The number of carbonyl (C=O) groups is 1. The summed E-state index contributed by atoms with van der Waals surface area (Å²) in [6, 6.07) is 8.20. The van der Waals surface area contributed by atoms with E-state index in [2.05, 4.69) is 29.7 Å². The zero-order valence-electron chi connectivity index (χ0n) is 13.9. The van der Waals surface area contributed by atoms with Gasteiger partial charge in [-0.2, -0.15) is 0 Å². The van der Waals surface area contributed by atoms with Crippen LogP contribution < -0.4 is 10.6 Å². The van der Waals surface area contributed by atoms with Crippen LogP contribution in [-0.4, -0.2) is 44.0 Å². The van der Waals surface area contributed by atoms with Gasteiger partial charge in [0.15, 0.2) is 0 Å². The Hall–Kier alpha value is -1.55. The minimum atomic E-state index is 0.285. The Morgan fingerprint density at radius 1 is 1.23 bits per heavy atom. The van der Waals surface area contributed by atoms with E-state index in [0.717, 1.165) is 44.1 Å². The van der Waals surface area contributed by atoms with Crippen molar-refractivity contribution in [2.24, 2.45) is 5.92 Å². The number of aryl methyl sites for hydroxylation is 1. The van der Waals surface area contributed by atoms with Crippen LogP contribution in [0.3, 0.4) is 0 Å². The molecule has 1 amide bonds. The summed E-state index contributed by atoms with van der Waals surface area (Å²) < 4.78 is 0.